The number of aromatic nitrogens is 2. The van der Waals surface area contributed by atoms with Gasteiger partial charge in [-0.25, -0.2) is 8.42 Å². The van der Waals surface area contributed by atoms with Gasteiger partial charge in [-0.05, 0) is 32.1 Å². The molecule has 2 rings (SSSR count). The van der Waals surface area contributed by atoms with Gasteiger partial charge in [-0.15, -0.1) is 0 Å². The zero-order valence-electron chi connectivity index (χ0n) is 11.5. The van der Waals surface area contributed by atoms with Gasteiger partial charge >= 0.3 is 0 Å². The Balaban J connectivity index is 2.08. The third-order valence-electron chi connectivity index (χ3n) is 4.04. The highest BCUT2D eigenvalue weighted by molar-refractivity contribution is 7.91. The Kier molecular flexibility index (Phi) is 4.30. The lowest BCUT2D eigenvalue weighted by Crippen LogP contribution is -2.30. The Morgan fingerprint density at radius 2 is 2.26 bits per heavy atom. The zero-order chi connectivity index (χ0) is 14.0. The van der Waals surface area contributed by atoms with Crippen LogP contribution in [0.15, 0.2) is 12.4 Å². The van der Waals surface area contributed by atoms with E-state index in [1.807, 2.05) is 13.1 Å². The predicted octanol–water partition coefficient (Wildman–Crippen LogP) is 1.54. The molecule has 5 nitrogen and oxygen atoms in total. The first-order valence-electron chi connectivity index (χ1n) is 6.81. The van der Waals surface area contributed by atoms with E-state index in [0.29, 0.717) is 6.42 Å². The fourth-order valence-corrected chi connectivity index (χ4v) is 4.03. The minimum atomic E-state index is -3.01. The molecule has 19 heavy (non-hydrogen) atoms. The summed E-state index contributed by atoms with van der Waals surface area (Å²) in [5.41, 5.74) is 0.793. The van der Waals surface area contributed by atoms with Crippen molar-refractivity contribution < 1.29 is 13.5 Å². The average Bonchev–Trinajstić information content (AvgIpc) is 2.86. The van der Waals surface area contributed by atoms with Crippen molar-refractivity contribution in [2.75, 3.05) is 6.26 Å². The van der Waals surface area contributed by atoms with E-state index in [-0.39, 0.29) is 11.2 Å². The SMILES string of the molecule is CCn1cc(C(O)C2CCCC(S(C)(=O)=O)C2)cn1. The second-order valence-electron chi connectivity index (χ2n) is 5.45. The van der Waals surface area contributed by atoms with Crippen molar-refractivity contribution in [1.82, 2.24) is 9.78 Å². The summed E-state index contributed by atoms with van der Waals surface area (Å²) in [5.74, 6) is 0.0166. The Labute approximate surface area is 114 Å². The second kappa shape index (κ2) is 5.63. The van der Waals surface area contributed by atoms with Crippen LogP contribution in [0.4, 0.5) is 0 Å². The summed E-state index contributed by atoms with van der Waals surface area (Å²) in [7, 11) is -3.01. The minimum absolute atomic E-state index is 0.0166. The zero-order valence-corrected chi connectivity index (χ0v) is 12.3. The maximum Gasteiger partial charge on any atom is 0.150 e. The van der Waals surface area contributed by atoms with Crippen LogP contribution < -0.4 is 0 Å². The molecule has 0 bridgehead atoms. The monoisotopic (exact) mass is 286 g/mol. The molecule has 1 N–H and O–H groups in total. The molecule has 1 heterocycles. The first-order valence-corrected chi connectivity index (χ1v) is 8.76. The molecule has 1 fully saturated rings. The number of aliphatic hydroxyl groups is 1. The lowest BCUT2D eigenvalue weighted by Gasteiger charge is -2.30. The molecule has 108 valence electrons. The number of aryl methyl sites for hydroxylation is 1. The third kappa shape index (κ3) is 3.36. The van der Waals surface area contributed by atoms with E-state index in [1.165, 1.54) is 6.26 Å². The molecule has 1 aliphatic carbocycles. The van der Waals surface area contributed by atoms with Crippen molar-refractivity contribution in [3.8, 4) is 0 Å². The highest BCUT2D eigenvalue weighted by atomic mass is 32.2. The van der Waals surface area contributed by atoms with E-state index in [4.69, 9.17) is 0 Å². The van der Waals surface area contributed by atoms with Crippen LogP contribution in [0.1, 0.15) is 44.3 Å². The molecule has 0 aliphatic heterocycles. The fourth-order valence-electron chi connectivity index (χ4n) is 2.83. The maximum atomic E-state index is 11.6. The number of rotatable bonds is 4. The Bertz CT molecular complexity index is 524. The summed E-state index contributed by atoms with van der Waals surface area (Å²) >= 11 is 0. The summed E-state index contributed by atoms with van der Waals surface area (Å²) in [6.07, 6.45) is 7.22. The van der Waals surface area contributed by atoms with Gasteiger partial charge in [0.1, 0.15) is 9.84 Å². The first-order chi connectivity index (χ1) is 8.91. The van der Waals surface area contributed by atoms with Crippen molar-refractivity contribution >= 4 is 9.84 Å². The molecule has 0 saturated heterocycles. The molecule has 3 unspecified atom stereocenters. The molecule has 1 aromatic rings. The maximum absolute atomic E-state index is 11.6. The van der Waals surface area contributed by atoms with Crippen LogP contribution in [0.2, 0.25) is 0 Å². The third-order valence-corrected chi connectivity index (χ3v) is 5.68. The van der Waals surface area contributed by atoms with Gasteiger partial charge in [0, 0.05) is 24.6 Å². The van der Waals surface area contributed by atoms with Crippen LogP contribution in [0, 0.1) is 5.92 Å². The average molecular weight is 286 g/mol. The Morgan fingerprint density at radius 3 is 2.84 bits per heavy atom. The van der Waals surface area contributed by atoms with Gasteiger partial charge in [0.15, 0.2) is 0 Å². The van der Waals surface area contributed by atoms with Crippen molar-refractivity contribution in [2.24, 2.45) is 5.92 Å². The summed E-state index contributed by atoms with van der Waals surface area (Å²) in [6.45, 7) is 2.76. The van der Waals surface area contributed by atoms with Crippen molar-refractivity contribution in [1.29, 1.82) is 0 Å². The Morgan fingerprint density at radius 1 is 1.53 bits per heavy atom. The van der Waals surface area contributed by atoms with E-state index < -0.39 is 15.9 Å². The Hall–Kier alpha value is -0.880. The van der Waals surface area contributed by atoms with Crippen molar-refractivity contribution in [2.45, 2.75) is 50.5 Å². The van der Waals surface area contributed by atoms with E-state index in [2.05, 4.69) is 5.10 Å². The van der Waals surface area contributed by atoms with Gasteiger partial charge in [0.2, 0.25) is 0 Å². The van der Waals surface area contributed by atoms with Crippen LogP contribution in [0.3, 0.4) is 0 Å². The highest BCUT2D eigenvalue weighted by Gasteiger charge is 2.33. The van der Waals surface area contributed by atoms with E-state index in [9.17, 15) is 13.5 Å². The normalized spacial score (nSPS) is 26.3. The first kappa shape index (κ1) is 14.5. The van der Waals surface area contributed by atoms with Crippen LogP contribution in [0.25, 0.3) is 0 Å². The van der Waals surface area contributed by atoms with Crippen LogP contribution >= 0.6 is 0 Å². The topological polar surface area (TPSA) is 72.2 Å². The number of hydrogen-bond donors (Lipinski definition) is 1. The number of hydrogen-bond acceptors (Lipinski definition) is 4. The molecule has 0 amide bonds. The molecule has 3 atom stereocenters. The lowest BCUT2D eigenvalue weighted by molar-refractivity contribution is 0.0856. The van der Waals surface area contributed by atoms with E-state index in [1.54, 1.807) is 10.9 Å². The summed E-state index contributed by atoms with van der Waals surface area (Å²) in [4.78, 5) is 0. The van der Waals surface area contributed by atoms with Gasteiger partial charge in [0.25, 0.3) is 0 Å². The standard InChI is InChI=1S/C13H22N2O3S/c1-3-15-9-11(8-14-15)13(16)10-5-4-6-12(7-10)19(2,17)18/h8-10,12-13,16H,3-7H2,1-2H3. The quantitative estimate of drug-likeness (QED) is 0.911. The molecule has 0 radical (unpaired) electrons. The molecule has 1 aliphatic rings. The van der Waals surface area contributed by atoms with Crippen molar-refractivity contribution in [3.63, 3.8) is 0 Å². The largest absolute Gasteiger partial charge is 0.388 e. The molecule has 1 saturated carbocycles. The van der Waals surface area contributed by atoms with Gasteiger partial charge in [-0.3, -0.25) is 4.68 Å². The summed E-state index contributed by atoms with van der Waals surface area (Å²) in [6, 6.07) is 0. The van der Waals surface area contributed by atoms with Crippen LogP contribution in [-0.2, 0) is 16.4 Å². The smallest absolute Gasteiger partial charge is 0.150 e. The second-order valence-corrected chi connectivity index (χ2v) is 7.78. The van der Waals surface area contributed by atoms with Crippen LogP contribution in [0.5, 0.6) is 0 Å². The summed E-state index contributed by atoms with van der Waals surface area (Å²) < 4.78 is 25.1. The molecule has 0 aromatic carbocycles. The van der Waals surface area contributed by atoms with Gasteiger partial charge < -0.3 is 5.11 Å². The number of sulfone groups is 1. The predicted molar refractivity (Wildman–Crippen MR) is 73.5 cm³/mol. The molecular weight excluding hydrogens is 264 g/mol. The minimum Gasteiger partial charge on any atom is -0.388 e. The van der Waals surface area contributed by atoms with E-state index in [0.717, 1.165) is 31.4 Å². The van der Waals surface area contributed by atoms with Gasteiger partial charge in [-0.2, -0.15) is 5.10 Å². The van der Waals surface area contributed by atoms with Crippen LogP contribution in [-0.4, -0.2) is 34.8 Å². The van der Waals surface area contributed by atoms with Gasteiger partial charge in [-0.1, -0.05) is 6.42 Å². The van der Waals surface area contributed by atoms with E-state index >= 15 is 0 Å². The fraction of sp³-hybridized carbons (Fsp3) is 0.769. The number of nitrogens with zero attached hydrogens (tertiary/aromatic N) is 2. The molecule has 6 heteroatoms. The lowest BCUT2D eigenvalue weighted by atomic mass is 9.83. The molecular formula is C13H22N2O3S. The summed E-state index contributed by atoms with van der Waals surface area (Å²) in [5, 5.41) is 14.2. The molecule has 0 spiro atoms. The number of aliphatic hydroxyl groups excluding tert-OH is 1. The molecule has 1 aromatic heterocycles. The highest BCUT2D eigenvalue weighted by Crippen LogP contribution is 2.36. The van der Waals surface area contributed by atoms with Crippen molar-refractivity contribution in [3.05, 3.63) is 18.0 Å². The van der Waals surface area contributed by atoms with Gasteiger partial charge in [0.05, 0.1) is 17.6 Å².